The summed E-state index contributed by atoms with van der Waals surface area (Å²) in [6.45, 7) is 8.39. The molecule has 10 nitrogen and oxygen atoms in total. The van der Waals surface area contributed by atoms with Gasteiger partial charge in [0.05, 0.1) is 6.04 Å². The highest BCUT2D eigenvalue weighted by Crippen LogP contribution is 2.22. The van der Waals surface area contributed by atoms with E-state index >= 15 is 0 Å². The fraction of sp³-hybridized carbons (Fsp3) is 0.826. The topological polar surface area (TPSA) is 168 Å². The molecule has 0 aromatic rings. The number of amides is 3. The number of unbranched alkanes of at least 4 members (excludes halogenated alkanes) is 1. The Morgan fingerprint density at radius 1 is 1.00 bits per heavy atom. The highest BCUT2D eigenvalue weighted by Gasteiger charge is 2.40. The maximum absolute atomic E-state index is 13.3. The first-order chi connectivity index (χ1) is 15.6. The lowest BCUT2D eigenvalue weighted by atomic mass is 9.94. The van der Waals surface area contributed by atoms with Gasteiger partial charge in [-0.2, -0.15) is 0 Å². The van der Waals surface area contributed by atoms with Gasteiger partial charge in [0, 0.05) is 6.54 Å². The normalized spacial score (nSPS) is 20.4. The molecule has 1 heterocycles. The fourth-order valence-corrected chi connectivity index (χ4v) is 3.99. The van der Waals surface area contributed by atoms with Crippen LogP contribution in [-0.4, -0.2) is 71.0 Å². The van der Waals surface area contributed by atoms with E-state index < -0.39 is 47.9 Å². The van der Waals surface area contributed by atoms with Gasteiger partial charge in [-0.3, -0.25) is 14.4 Å². The third-order valence-electron chi connectivity index (χ3n) is 6.70. The van der Waals surface area contributed by atoms with E-state index in [1.807, 2.05) is 27.7 Å². The summed E-state index contributed by atoms with van der Waals surface area (Å²) >= 11 is 0. The fourth-order valence-electron chi connectivity index (χ4n) is 3.99. The van der Waals surface area contributed by atoms with Crippen molar-refractivity contribution in [2.24, 2.45) is 23.3 Å². The molecule has 10 heteroatoms. The van der Waals surface area contributed by atoms with Gasteiger partial charge in [0.1, 0.15) is 18.1 Å². The molecule has 3 amide bonds. The van der Waals surface area contributed by atoms with Crippen molar-refractivity contribution in [1.29, 1.82) is 0 Å². The van der Waals surface area contributed by atoms with Crippen molar-refractivity contribution in [3.8, 4) is 0 Å². The number of aliphatic carboxylic acids is 1. The zero-order valence-corrected chi connectivity index (χ0v) is 20.5. The molecule has 0 bridgehead atoms. The zero-order valence-electron chi connectivity index (χ0n) is 20.5. The van der Waals surface area contributed by atoms with Crippen molar-refractivity contribution < 1.29 is 24.3 Å². The molecule has 1 saturated heterocycles. The number of rotatable bonds is 14. The lowest BCUT2D eigenvalue weighted by Crippen LogP contribution is -2.60. The molecule has 0 saturated carbocycles. The van der Waals surface area contributed by atoms with Crippen LogP contribution in [0, 0.1) is 11.8 Å². The Bertz CT molecular complexity index is 674. The minimum atomic E-state index is -1.04. The van der Waals surface area contributed by atoms with Crippen LogP contribution in [0.5, 0.6) is 0 Å². The number of hydrogen-bond donors (Lipinski definition) is 5. The van der Waals surface area contributed by atoms with Gasteiger partial charge in [0.25, 0.3) is 0 Å². The molecule has 1 aliphatic rings. The van der Waals surface area contributed by atoms with E-state index in [1.54, 1.807) is 0 Å². The molecule has 7 N–H and O–H groups in total. The average molecular weight is 470 g/mol. The first kappa shape index (κ1) is 28.8. The van der Waals surface area contributed by atoms with Gasteiger partial charge in [-0.15, -0.1) is 0 Å². The van der Waals surface area contributed by atoms with Gasteiger partial charge < -0.3 is 32.1 Å². The van der Waals surface area contributed by atoms with Crippen LogP contribution in [0.4, 0.5) is 0 Å². The van der Waals surface area contributed by atoms with E-state index in [0.29, 0.717) is 45.2 Å². The minimum Gasteiger partial charge on any atom is -0.480 e. The summed E-state index contributed by atoms with van der Waals surface area (Å²) < 4.78 is 0. The molecule has 190 valence electrons. The number of carbonyl (C=O) groups excluding carboxylic acids is 3. The van der Waals surface area contributed by atoms with E-state index in [4.69, 9.17) is 11.5 Å². The number of nitrogens with zero attached hydrogens (tertiary/aromatic N) is 1. The number of likely N-dealkylation sites (tertiary alicyclic amines) is 1. The Morgan fingerprint density at radius 2 is 1.58 bits per heavy atom. The smallest absolute Gasteiger partial charge is 0.326 e. The molecule has 0 spiro atoms. The second kappa shape index (κ2) is 14.1. The minimum absolute atomic E-state index is 0.184. The Hall–Kier alpha value is -2.20. The third-order valence-corrected chi connectivity index (χ3v) is 6.70. The van der Waals surface area contributed by atoms with Crippen LogP contribution < -0.4 is 22.1 Å². The van der Waals surface area contributed by atoms with E-state index in [0.717, 1.165) is 12.8 Å². The highest BCUT2D eigenvalue weighted by molar-refractivity contribution is 5.94. The summed E-state index contributed by atoms with van der Waals surface area (Å²) in [5.41, 5.74) is 11.5. The number of carbonyl (C=O) groups is 4. The van der Waals surface area contributed by atoms with Crippen molar-refractivity contribution in [3.05, 3.63) is 0 Å². The molecule has 33 heavy (non-hydrogen) atoms. The average Bonchev–Trinajstić information content (AvgIpc) is 3.29. The van der Waals surface area contributed by atoms with E-state index in [2.05, 4.69) is 10.6 Å². The summed E-state index contributed by atoms with van der Waals surface area (Å²) in [4.78, 5) is 52.1. The molecule has 0 aromatic carbocycles. The molecule has 1 rings (SSSR count). The van der Waals surface area contributed by atoms with E-state index in [-0.39, 0.29) is 11.8 Å². The van der Waals surface area contributed by atoms with Gasteiger partial charge in [-0.25, -0.2) is 4.79 Å². The number of carboxylic acid groups (broad SMARTS) is 1. The predicted molar refractivity (Wildman–Crippen MR) is 126 cm³/mol. The number of nitrogens with one attached hydrogen (secondary N) is 2. The molecule has 0 aromatic heterocycles. The largest absolute Gasteiger partial charge is 0.480 e. The summed E-state index contributed by atoms with van der Waals surface area (Å²) in [7, 11) is 0. The number of hydrogen-bond acceptors (Lipinski definition) is 6. The lowest BCUT2D eigenvalue weighted by Gasteiger charge is -2.32. The molecule has 1 fully saturated rings. The zero-order chi connectivity index (χ0) is 25.1. The first-order valence-electron chi connectivity index (χ1n) is 12.2. The molecule has 1 aliphatic heterocycles. The monoisotopic (exact) mass is 469 g/mol. The van der Waals surface area contributed by atoms with Crippen molar-refractivity contribution in [2.45, 2.75) is 96.8 Å². The van der Waals surface area contributed by atoms with Crippen LogP contribution in [0.2, 0.25) is 0 Å². The van der Waals surface area contributed by atoms with Crippen molar-refractivity contribution in [3.63, 3.8) is 0 Å². The molecule has 6 unspecified atom stereocenters. The van der Waals surface area contributed by atoms with Crippen molar-refractivity contribution in [1.82, 2.24) is 15.5 Å². The van der Waals surface area contributed by atoms with Gasteiger partial charge in [-0.05, 0) is 44.1 Å². The van der Waals surface area contributed by atoms with Crippen LogP contribution in [0.3, 0.4) is 0 Å². The Kier molecular flexibility index (Phi) is 12.4. The first-order valence-corrected chi connectivity index (χ1v) is 12.2. The molecular formula is C23H43N5O5. The molecule has 0 aliphatic carbocycles. The molecule has 0 radical (unpaired) electrons. The quantitative estimate of drug-likeness (QED) is 0.232. The van der Waals surface area contributed by atoms with Gasteiger partial charge in [-0.1, -0.05) is 47.0 Å². The summed E-state index contributed by atoms with van der Waals surface area (Å²) in [6.07, 6.45) is 4.22. The van der Waals surface area contributed by atoms with Crippen molar-refractivity contribution in [2.75, 3.05) is 13.1 Å². The van der Waals surface area contributed by atoms with E-state index in [1.165, 1.54) is 4.90 Å². The maximum atomic E-state index is 13.3. The Morgan fingerprint density at radius 3 is 2.12 bits per heavy atom. The lowest BCUT2D eigenvalue weighted by molar-refractivity contribution is -0.150. The SMILES string of the molecule is CCC(C)C(NC(=O)C(N)CCCCN)C(=O)NC(C(=O)N1CCCC1C(=O)O)C(C)CC. The highest BCUT2D eigenvalue weighted by atomic mass is 16.4. The van der Waals surface area contributed by atoms with Crippen LogP contribution in [-0.2, 0) is 19.2 Å². The van der Waals surface area contributed by atoms with Crippen LogP contribution in [0.25, 0.3) is 0 Å². The van der Waals surface area contributed by atoms with Crippen LogP contribution in [0.15, 0.2) is 0 Å². The van der Waals surface area contributed by atoms with Crippen LogP contribution in [0.1, 0.15) is 72.6 Å². The van der Waals surface area contributed by atoms with Crippen molar-refractivity contribution >= 4 is 23.7 Å². The second-order valence-corrected chi connectivity index (χ2v) is 9.16. The Balaban J connectivity index is 2.99. The van der Waals surface area contributed by atoms with Gasteiger partial charge >= 0.3 is 5.97 Å². The summed E-state index contributed by atoms with van der Waals surface area (Å²) in [5.74, 6) is -2.69. The number of nitrogens with two attached hydrogens (primary N) is 2. The van der Waals surface area contributed by atoms with E-state index in [9.17, 15) is 24.3 Å². The second-order valence-electron chi connectivity index (χ2n) is 9.16. The van der Waals surface area contributed by atoms with Crippen LogP contribution >= 0.6 is 0 Å². The van der Waals surface area contributed by atoms with Gasteiger partial charge in [0.15, 0.2) is 0 Å². The Labute approximate surface area is 197 Å². The molecule has 6 atom stereocenters. The number of carboxylic acids is 1. The third kappa shape index (κ3) is 8.26. The predicted octanol–water partition coefficient (Wildman–Crippen LogP) is 0.580. The van der Waals surface area contributed by atoms with Gasteiger partial charge in [0.2, 0.25) is 17.7 Å². The standard InChI is InChI=1S/C23H43N5O5/c1-5-14(3)18(26-20(29)16(25)10-7-8-12-24)21(30)27-19(15(4)6-2)22(31)28-13-9-11-17(28)23(32)33/h14-19H,5-13,24-25H2,1-4H3,(H,26,29)(H,27,30)(H,32,33). The molecular weight excluding hydrogens is 426 g/mol. The maximum Gasteiger partial charge on any atom is 0.326 e. The summed E-state index contributed by atoms with van der Waals surface area (Å²) in [6, 6.07) is -3.35. The summed E-state index contributed by atoms with van der Waals surface area (Å²) in [5, 5.41) is 15.1.